The Bertz CT molecular complexity index is 773. The zero-order chi connectivity index (χ0) is 20.5. The summed E-state index contributed by atoms with van der Waals surface area (Å²) in [5.41, 5.74) is 0.797. The zero-order valence-corrected chi connectivity index (χ0v) is 17.3. The summed E-state index contributed by atoms with van der Waals surface area (Å²) in [4.78, 5) is 7.06. The lowest BCUT2D eigenvalue weighted by Crippen LogP contribution is -2.42. The summed E-state index contributed by atoms with van der Waals surface area (Å²) >= 11 is 0. The van der Waals surface area contributed by atoms with Gasteiger partial charge in [-0.3, -0.25) is 4.90 Å². The zero-order valence-electron chi connectivity index (χ0n) is 17.3. The maximum atomic E-state index is 14.1. The summed E-state index contributed by atoms with van der Waals surface area (Å²) in [6, 6.07) is 9.10. The van der Waals surface area contributed by atoms with E-state index in [1.807, 2.05) is 32.0 Å². The number of hydrogen-bond donors (Lipinski definition) is 2. The number of rotatable bonds is 9. The smallest absolute Gasteiger partial charge is 0.191 e. The molecule has 1 fully saturated rings. The van der Waals surface area contributed by atoms with E-state index >= 15 is 0 Å². The predicted molar refractivity (Wildman–Crippen MR) is 113 cm³/mol. The Morgan fingerprint density at radius 1 is 1.24 bits per heavy atom. The Hall–Kier alpha value is -2.54. The second-order valence-corrected chi connectivity index (χ2v) is 7.05. The van der Waals surface area contributed by atoms with E-state index in [0.717, 1.165) is 31.0 Å². The Morgan fingerprint density at radius 2 is 2.07 bits per heavy atom. The molecule has 0 saturated carbocycles. The lowest BCUT2D eigenvalue weighted by atomic mass is 10.2. The molecule has 1 unspecified atom stereocenters. The molecule has 2 heterocycles. The van der Waals surface area contributed by atoms with E-state index in [1.54, 1.807) is 12.3 Å². The van der Waals surface area contributed by atoms with E-state index in [9.17, 15) is 4.39 Å². The first-order valence-corrected chi connectivity index (χ1v) is 10.4. The van der Waals surface area contributed by atoms with Gasteiger partial charge in [-0.2, -0.15) is 0 Å². The third-order valence-corrected chi connectivity index (χ3v) is 4.98. The highest BCUT2D eigenvalue weighted by atomic mass is 19.1. The topological polar surface area (TPSA) is 62.0 Å². The van der Waals surface area contributed by atoms with Gasteiger partial charge in [0.2, 0.25) is 0 Å². The van der Waals surface area contributed by atoms with Crippen LogP contribution in [0.4, 0.5) is 4.39 Å². The van der Waals surface area contributed by atoms with Crippen molar-refractivity contribution in [2.75, 3.05) is 32.8 Å². The fraction of sp³-hybridized carbons (Fsp3) is 0.500. The van der Waals surface area contributed by atoms with E-state index in [0.29, 0.717) is 25.7 Å². The summed E-state index contributed by atoms with van der Waals surface area (Å²) in [7, 11) is 0. The van der Waals surface area contributed by atoms with Crippen molar-refractivity contribution in [3.05, 3.63) is 53.7 Å². The Kier molecular flexibility index (Phi) is 7.93. The number of aliphatic imine (C=N–C) groups is 1. The molecule has 2 aromatic rings. The van der Waals surface area contributed by atoms with Crippen molar-refractivity contribution >= 4 is 5.96 Å². The van der Waals surface area contributed by atoms with Crippen LogP contribution in [0.1, 0.15) is 44.1 Å². The molecule has 0 aliphatic carbocycles. The SMILES string of the molecule is CCNC(=NCc1ccc(OCC)c(F)c1)NCC(c1ccco1)N1CCCC1. The molecule has 3 rings (SSSR count). The van der Waals surface area contributed by atoms with Gasteiger partial charge < -0.3 is 19.8 Å². The molecule has 1 aliphatic rings. The second kappa shape index (κ2) is 10.9. The van der Waals surface area contributed by atoms with Gasteiger partial charge in [0.05, 0.1) is 25.5 Å². The number of nitrogens with one attached hydrogen (secondary N) is 2. The van der Waals surface area contributed by atoms with Crippen LogP contribution in [0.2, 0.25) is 0 Å². The maximum Gasteiger partial charge on any atom is 0.191 e. The minimum Gasteiger partial charge on any atom is -0.491 e. The van der Waals surface area contributed by atoms with Gasteiger partial charge in [0, 0.05) is 13.1 Å². The van der Waals surface area contributed by atoms with Crippen molar-refractivity contribution in [1.29, 1.82) is 0 Å². The van der Waals surface area contributed by atoms with Gasteiger partial charge in [-0.25, -0.2) is 9.38 Å². The lowest BCUT2D eigenvalue weighted by Gasteiger charge is -2.26. The van der Waals surface area contributed by atoms with Gasteiger partial charge in [-0.15, -0.1) is 0 Å². The van der Waals surface area contributed by atoms with Crippen molar-refractivity contribution in [3.63, 3.8) is 0 Å². The average molecular weight is 403 g/mol. The quantitative estimate of drug-likeness (QED) is 0.495. The van der Waals surface area contributed by atoms with Crippen LogP contribution in [0.5, 0.6) is 5.75 Å². The van der Waals surface area contributed by atoms with Gasteiger partial charge in [-0.1, -0.05) is 6.07 Å². The van der Waals surface area contributed by atoms with Gasteiger partial charge in [0.15, 0.2) is 17.5 Å². The fourth-order valence-corrected chi connectivity index (χ4v) is 3.56. The predicted octanol–water partition coefficient (Wildman–Crippen LogP) is 3.71. The number of ether oxygens (including phenoxy) is 1. The van der Waals surface area contributed by atoms with Crippen molar-refractivity contribution in [2.45, 2.75) is 39.3 Å². The molecule has 6 nitrogen and oxygen atoms in total. The largest absolute Gasteiger partial charge is 0.491 e. The van der Waals surface area contributed by atoms with Crippen LogP contribution in [-0.4, -0.2) is 43.6 Å². The molecule has 0 radical (unpaired) electrons. The molecule has 0 amide bonds. The number of benzene rings is 1. The summed E-state index contributed by atoms with van der Waals surface area (Å²) in [5, 5.41) is 6.68. The van der Waals surface area contributed by atoms with Crippen LogP contribution in [-0.2, 0) is 6.54 Å². The number of halogens is 1. The fourth-order valence-electron chi connectivity index (χ4n) is 3.56. The van der Waals surface area contributed by atoms with E-state index in [-0.39, 0.29) is 17.6 Å². The number of nitrogens with zero attached hydrogens (tertiary/aromatic N) is 2. The average Bonchev–Trinajstić information content (AvgIpc) is 3.43. The van der Waals surface area contributed by atoms with Gasteiger partial charge in [-0.05, 0) is 69.6 Å². The summed E-state index contributed by atoms with van der Waals surface area (Å²) in [5.74, 6) is 1.59. The van der Waals surface area contributed by atoms with E-state index in [4.69, 9.17) is 9.15 Å². The van der Waals surface area contributed by atoms with Gasteiger partial charge in [0.1, 0.15) is 5.76 Å². The maximum absolute atomic E-state index is 14.1. The van der Waals surface area contributed by atoms with E-state index < -0.39 is 0 Å². The molecule has 1 saturated heterocycles. The minimum absolute atomic E-state index is 0.166. The third-order valence-electron chi connectivity index (χ3n) is 4.98. The number of furan rings is 1. The van der Waals surface area contributed by atoms with Crippen LogP contribution in [0.3, 0.4) is 0 Å². The molecule has 1 atom stereocenters. The molecule has 1 aromatic carbocycles. The molecule has 0 bridgehead atoms. The van der Waals surface area contributed by atoms with Crippen molar-refractivity contribution in [3.8, 4) is 5.75 Å². The highest BCUT2D eigenvalue weighted by Gasteiger charge is 2.25. The Labute approximate surface area is 172 Å². The van der Waals surface area contributed by atoms with Gasteiger partial charge in [0.25, 0.3) is 0 Å². The van der Waals surface area contributed by atoms with E-state index in [1.165, 1.54) is 18.9 Å². The lowest BCUT2D eigenvalue weighted by molar-refractivity contribution is 0.215. The summed E-state index contributed by atoms with van der Waals surface area (Å²) in [6.07, 6.45) is 4.15. The molecule has 158 valence electrons. The van der Waals surface area contributed by atoms with Crippen molar-refractivity contribution in [1.82, 2.24) is 15.5 Å². The molecule has 7 heteroatoms. The van der Waals surface area contributed by atoms with Crippen LogP contribution in [0, 0.1) is 5.82 Å². The highest BCUT2D eigenvalue weighted by Crippen LogP contribution is 2.25. The summed E-state index contributed by atoms with van der Waals surface area (Å²) < 4.78 is 25.0. The third kappa shape index (κ3) is 5.97. The van der Waals surface area contributed by atoms with Crippen LogP contribution >= 0.6 is 0 Å². The van der Waals surface area contributed by atoms with Crippen molar-refractivity contribution < 1.29 is 13.5 Å². The first-order valence-electron chi connectivity index (χ1n) is 10.4. The second-order valence-electron chi connectivity index (χ2n) is 7.05. The Balaban J connectivity index is 1.64. The first-order chi connectivity index (χ1) is 14.2. The van der Waals surface area contributed by atoms with Gasteiger partial charge >= 0.3 is 0 Å². The molecule has 2 N–H and O–H groups in total. The molecule has 1 aromatic heterocycles. The number of hydrogen-bond acceptors (Lipinski definition) is 4. The van der Waals surface area contributed by atoms with Crippen molar-refractivity contribution in [2.24, 2.45) is 4.99 Å². The molecule has 29 heavy (non-hydrogen) atoms. The standard InChI is InChI=1S/C22H31FN4O2/c1-3-24-22(25-15-17-9-10-20(28-4-2)18(23)14-17)26-16-19(21-8-7-13-29-21)27-11-5-6-12-27/h7-10,13-14,19H,3-6,11-12,15-16H2,1-2H3,(H2,24,25,26). The van der Waals surface area contributed by atoms with Crippen LogP contribution in [0.25, 0.3) is 0 Å². The molecular formula is C22H31FN4O2. The summed E-state index contributed by atoms with van der Waals surface area (Å²) in [6.45, 7) is 8.28. The monoisotopic (exact) mass is 402 g/mol. The number of likely N-dealkylation sites (tertiary alicyclic amines) is 1. The molecular weight excluding hydrogens is 371 g/mol. The minimum atomic E-state index is -0.357. The van der Waals surface area contributed by atoms with E-state index in [2.05, 4.69) is 20.5 Å². The number of guanidine groups is 1. The molecule has 0 spiro atoms. The molecule has 1 aliphatic heterocycles. The first kappa shape index (κ1) is 21.2. The Morgan fingerprint density at radius 3 is 2.72 bits per heavy atom. The normalized spacial score (nSPS) is 16.0. The highest BCUT2D eigenvalue weighted by molar-refractivity contribution is 5.79. The van der Waals surface area contributed by atoms with Crippen LogP contribution in [0.15, 0.2) is 46.0 Å². The van der Waals surface area contributed by atoms with Crippen LogP contribution < -0.4 is 15.4 Å².